The van der Waals surface area contributed by atoms with Crippen molar-refractivity contribution in [1.82, 2.24) is 15.4 Å². The van der Waals surface area contributed by atoms with Gasteiger partial charge in [-0.05, 0) is 12.1 Å². The van der Waals surface area contributed by atoms with Crippen LogP contribution in [0.15, 0.2) is 37.7 Å². The number of anilines is 1. The summed E-state index contributed by atoms with van der Waals surface area (Å²) in [6, 6.07) is 4.85. The van der Waals surface area contributed by atoms with Gasteiger partial charge in [0.05, 0.1) is 19.1 Å². The van der Waals surface area contributed by atoms with Gasteiger partial charge in [0.2, 0.25) is 10.9 Å². The molecular weight excluding hydrogens is 356 g/mol. The zero-order valence-corrected chi connectivity index (χ0v) is 13.8. The summed E-state index contributed by atoms with van der Waals surface area (Å²) >= 11 is 2.31. The van der Waals surface area contributed by atoms with E-state index in [2.05, 4.69) is 25.4 Å². The Hall–Kier alpha value is -2.66. The minimum atomic E-state index is -0.489. The molecule has 3 aromatic rings. The topological polar surface area (TPSA) is 120 Å². The number of nitrogens with one attached hydrogen (secondary N) is 1. The second-order valence-corrected chi connectivity index (χ2v) is 6.45. The summed E-state index contributed by atoms with van der Waals surface area (Å²) in [6.45, 7) is 0. The molecule has 3 aromatic heterocycles. The summed E-state index contributed by atoms with van der Waals surface area (Å²) < 4.78 is 15.3. The zero-order valence-electron chi connectivity index (χ0n) is 12.2. The van der Waals surface area contributed by atoms with Crippen LogP contribution in [0.4, 0.5) is 5.13 Å². The largest absolute Gasteiger partial charge is 0.468 e. The molecule has 0 unspecified atom stereocenters. The van der Waals surface area contributed by atoms with E-state index in [4.69, 9.17) is 8.94 Å². The highest BCUT2D eigenvalue weighted by Crippen LogP contribution is 2.26. The molecule has 0 saturated carbocycles. The summed E-state index contributed by atoms with van der Waals surface area (Å²) in [5.74, 6) is 0.0799. The average Bonchev–Trinajstić information content (AvgIpc) is 3.31. The van der Waals surface area contributed by atoms with E-state index in [9.17, 15) is 9.59 Å². The fraction of sp³-hybridized carbons (Fsp3) is 0.154. The molecule has 3 heterocycles. The third kappa shape index (κ3) is 3.81. The van der Waals surface area contributed by atoms with Crippen molar-refractivity contribution in [2.45, 2.75) is 4.34 Å². The molecule has 0 aliphatic carbocycles. The van der Waals surface area contributed by atoms with Gasteiger partial charge in [0.25, 0.3) is 5.91 Å². The summed E-state index contributed by atoms with van der Waals surface area (Å²) in [5.41, 5.74) is 0.0837. The van der Waals surface area contributed by atoms with E-state index in [0.29, 0.717) is 15.9 Å². The SMILES string of the molecule is COC(=O)CSc1nnc(NC(=O)c2cc(-c3ccco3)on2)s1. The van der Waals surface area contributed by atoms with Crippen LogP contribution in [0.5, 0.6) is 0 Å². The molecule has 0 spiro atoms. The molecule has 0 fully saturated rings. The molecule has 0 atom stereocenters. The van der Waals surface area contributed by atoms with Crippen LogP contribution in [0.1, 0.15) is 10.5 Å². The molecule has 3 rings (SSSR count). The van der Waals surface area contributed by atoms with E-state index in [1.165, 1.54) is 31.2 Å². The predicted octanol–water partition coefficient (Wildman–Crippen LogP) is 2.30. The van der Waals surface area contributed by atoms with Gasteiger partial charge in [0.15, 0.2) is 15.8 Å². The molecule has 24 heavy (non-hydrogen) atoms. The first kappa shape index (κ1) is 16.2. The van der Waals surface area contributed by atoms with E-state index < -0.39 is 5.91 Å². The highest BCUT2D eigenvalue weighted by atomic mass is 32.2. The second-order valence-electron chi connectivity index (χ2n) is 4.25. The molecule has 0 aromatic carbocycles. The van der Waals surface area contributed by atoms with Gasteiger partial charge in [0.1, 0.15) is 0 Å². The van der Waals surface area contributed by atoms with Crippen molar-refractivity contribution in [3.63, 3.8) is 0 Å². The highest BCUT2D eigenvalue weighted by molar-refractivity contribution is 8.01. The van der Waals surface area contributed by atoms with Crippen LogP contribution < -0.4 is 5.32 Å². The third-order valence-electron chi connectivity index (χ3n) is 2.67. The van der Waals surface area contributed by atoms with Crippen molar-refractivity contribution in [3.8, 4) is 11.5 Å². The lowest BCUT2D eigenvalue weighted by Gasteiger charge is -1.95. The first-order valence-electron chi connectivity index (χ1n) is 6.51. The minimum absolute atomic E-state index is 0.0837. The molecule has 0 bridgehead atoms. The number of esters is 1. The van der Waals surface area contributed by atoms with Gasteiger partial charge in [0, 0.05) is 6.07 Å². The summed E-state index contributed by atoms with van der Waals surface area (Å²) in [4.78, 5) is 23.2. The first-order valence-corrected chi connectivity index (χ1v) is 8.31. The van der Waals surface area contributed by atoms with Gasteiger partial charge in [-0.1, -0.05) is 28.3 Å². The molecule has 1 amide bonds. The number of hydrogen-bond donors (Lipinski definition) is 1. The van der Waals surface area contributed by atoms with E-state index >= 15 is 0 Å². The Labute approximate surface area is 143 Å². The van der Waals surface area contributed by atoms with Gasteiger partial charge in [-0.2, -0.15) is 0 Å². The number of furan rings is 1. The number of methoxy groups -OCH3 is 1. The van der Waals surface area contributed by atoms with Crippen molar-refractivity contribution < 1.29 is 23.3 Å². The molecule has 0 aliphatic heterocycles. The normalized spacial score (nSPS) is 10.5. The van der Waals surface area contributed by atoms with Crippen molar-refractivity contribution in [2.24, 2.45) is 0 Å². The van der Waals surface area contributed by atoms with Crippen molar-refractivity contribution in [3.05, 3.63) is 30.2 Å². The molecular formula is C13H10N4O5S2. The Morgan fingerprint density at radius 1 is 1.38 bits per heavy atom. The number of carbonyl (C=O) groups is 2. The maximum Gasteiger partial charge on any atom is 0.316 e. The quantitative estimate of drug-likeness (QED) is 0.398. The van der Waals surface area contributed by atoms with E-state index in [1.54, 1.807) is 12.1 Å². The maximum absolute atomic E-state index is 12.1. The summed E-state index contributed by atoms with van der Waals surface area (Å²) in [6.07, 6.45) is 1.49. The minimum Gasteiger partial charge on any atom is -0.468 e. The number of amides is 1. The van der Waals surface area contributed by atoms with Gasteiger partial charge >= 0.3 is 5.97 Å². The lowest BCUT2D eigenvalue weighted by atomic mass is 10.3. The standard InChI is InChI=1S/C13H10N4O5S2/c1-20-10(18)6-23-13-16-15-12(24-13)14-11(19)7-5-9(22-17-7)8-3-2-4-21-8/h2-5H,6H2,1H3,(H,14,15,19). The second kappa shape index (κ2) is 7.27. The Morgan fingerprint density at radius 3 is 3.00 bits per heavy atom. The van der Waals surface area contributed by atoms with Gasteiger partial charge in [-0.25, -0.2) is 0 Å². The van der Waals surface area contributed by atoms with Gasteiger partial charge in [-0.15, -0.1) is 10.2 Å². The third-order valence-corrected chi connectivity index (χ3v) is 4.62. The number of aromatic nitrogens is 3. The number of hydrogen-bond acceptors (Lipinski definition) is 10. The van der Waals surface area contributed by atoms with Crippen molar-refractivity contribution >= 4 is 40.1 Å². The van der Waals surface area contributed by atoms with Crippen LogP contribution in [0.25, 0.3) is 11.5 Å². The smallest absolute Gasteiger partial charge is 0.316 e. The van der Waals surface area contributed by atoms with Crippen LogP contribution in [0.2, 0.25) is 0 Å². The molecule has 124 valence electrons. The number of ether oxygens (including phenoxy) is 1. The Bertz CT molecular complexity index is 842. The molecule has 0 saturated heterocycles. The lowest BCUT2D eigenvalue weighted by Crippen LogP contribution is -2.11. The number of carbonyl (C=O) groups excluding carboxylic acids is 2. The van der Waals surface area contributed by atoms with Crippen LogP contribution in [-0.4, -0.2) is 40.1 Å². The summed E-state index contributed by atoms with van der Waals surface area (Å²) in [7, 11) is 1.31. The van der Waals surface area contributed by atoms with Crippen LogP contribution in [0.3, 0.4) is 0 Å². The maximum atomic E-state index is 12.1. The van der Waals surface area contributed by atoms with E-state index in [0.717, 1.165) is 11.3 Å². The molecule has 11 heteroatoms. The highest BCUT2D eigenvalue weighted by Gasteiger charge is 2.17. The number of nitrogens with zero attached hydrogens (tertiary/aromatic N) is 3. The van der Waals surface area contributed by atoms with Crippen LogP contribution >= 0.6 is 23.1 Å². The van der Waals surface area contributed by atoms with Crippen LogP contribution in [-0.2, 0) is 9.53 Å². The van der Waals surface area contributed by atoms with Crippen molar-refractivity contribution in [2.75, 3.05) is 18.2 Å². The Morgan fingerprint density at radius 2 is 2.25 bits per heavy atom. The molecule has 0 aliphatic rings. The van der Waals surface area contributed by atoms with Crippen molar-refractivity contribution in [1.29, 1.82) is 0 Å². The predicted molar refractivity (Wildman–Crippen MR) is 84.8 cm³/mol. The zero-order chi connectivity index (χ0) is 16.9. The fourth-order valence-corrected chi connectivity index (χ4v) is 3.16. The number of rotatable bonds is 6. The Kier molecular flexibility index (Phi) is 4.91. The molecule has 0 radical (unpaired) electrons. The lowest BCUT2D eigenvalue weighted by molar-refractivity contribution is -0.137. The van der Waals surface area contributed by atoms with Gasteiger partial charge in [-0.3, -0.25) is 14.9 Å². The first-order chi connectivity index (χ1) is 11.7. The fourth-order valence-electron chi connectivity index (χ4n) is 1.58. The monoisotopic (exact) mass is 366 g/mol. The van der Waals surface area contributed by atoms with Crippen LogP contribution in [0, 0.1) is 0 Å². The number of thioether (sulfide) groups is 1. The molecule has 1 N–H and O–H groups in total. The molecule has 9 nitrogen and oxygen atoms in total. The van der Waals surface area contributed by atoms with Gasteiger partial charge < -0.3 is 13.7 Å². The Balaban J connectivity index is 1.61. The van der Waals surface area contributed by atoms with E-state index in [-0.39, 0.29) is 22.5 Å². The average molecular weight is 366 g/mol. The summed E-state index contributed by atoms with van der Waals surface area (Å²) in [5, 5.41) is 14.2. The van der Waals surface area contributed by atoms with E-state index in [1.807, 2.05) is 0 Å².